The lowest BCUT2D eigenvalue weighted by Crippen LogP contribution is -1.93. The molecule has 1 aromatic rings. The monoisotopic (exact) mass is 319 g/mol. The maximum absolute atomic E-state index is 10.2. The minimum Gasteiger partial charge on any atom is -0.481 e. The van der Waals surface area contributed by atoms with Gasteiger partial charge in [0.05, 0.1) is 0 Å². The van der Waals surface area contributed by atoms with Crippen LogP contribution in [0.3, 0.4) is 0 Å². The Bertz CT molecular complexity index is 408. The van der Waals surface area contributed by atoms with Crippen LogP contribution in [0.2, 0.25) is 0 Å². The molecular weight excluding hydrogens is 286 g/mol. The summed E-state index contributed by atoms with van der Waals surface area (Å²) in [4.78, 5) is 10.2. The lowest BCUT2D eigenvalue weighted by molar-refractivity contribution is -0.137. The summed E-state index contributed by atoms with van der Waals surface area (Å²) in [5, 5.41) is 11.7. The van der Waals surface area contributed by atoms with Gasteiger partial charge in [0.15, 0.2) is 0 Å². The Hall–Kier alpha value is -1.51. The van der Waals surface area contributed by atoms with Gasteiger partial charge in [-0.05, 0) is 24.5 Å². The highest BCUT2D eigenvalue weighted by Crippen LogP contribution is 2.19. The van der Waals surface area contributed by atoms with Crippen LogP contribution in [0.1, 0.15) is 76.7 Å². The number of hydrogen-bond donors (Lipinski definition) is 2. The van der Waals surface area contributed by atoms with Crippen LogP contribution in [0.4, 0.5) is 5.69 Å². The van der Waals surface area contributed by atoms with E-state index >= 15 is 0 Å². The molecule has 1 aliphatic heterocycles. The third-order valence-electron chi connectivity index (χ3n) is 4.22. The van der Waals surface area contributed by atoms with Crippen LogP contribution in [0.25, 0.3) is 0 Å². The summed E-state index contributed by atoms with van der Waals surface area (Å²) in [6.07, 6.45) is 12.7. The number of benzene rings is 1. The van der Waals surface area contributed by atoms with Gasteiger partial charge in [-0.3, -0.25) is 4.79 Å². The van der Waals surface area contributed by atoms with Crippen molar-refractivity contribution < 1.29 is 9.90 Å². The van der Waals surface area contributed by atoms with Gasteiger partial charge >= 0.3 is 5.97 Å². The third kappa shape index (κ3) is 9.98. The summed E-state index contributed by atoms with van der Waals surface area (Å²) >= 11 is 0. The molecule has 2 rings (SSSR count). The molecule has 0 saturated heterocycles. The van der Waals surface area contributed by atoms with E-state index in [4.69, 9.17) is 5.11 Å². The van der Waals surface area contributed by atoms with E-state index in [2.05, 4.69) is 36.5 Å². The Labute approximate surface area is 141 Å². The van der Waals surface area contributed by atoms with Crippen molar-refractivity contribution in [3.05, 3.63) is 29.8 Å². The molecule has 130 valence electrons. The molecule has 0 saturated carbocycles. The van der Waals surface area contributed by atoms with Crippen LogP contribution in [-0.4, -0.2) is 17.6 Å². The molecule has 0 spiro atoms. The number of fused-ring (bicyclic) bond motifs is 1. The first-order valence-electron chi connectivity index (χ1n) is 9.27. The van der Waals surface area contributed by atoms with Crippen molar-refractivity contribution in [2.24, 2.45) is 0 Å². The first kappa shape index (κ1) is 19.5. The Balaban J connectivity index is 0.000000248. The van der Waals surface area contributed by atoms with Crippen LogP contribution in [0, 0.1) is 0 Å². The zero-order chi connectivity index (χ0) is 16.8. The van der Waals surface area contributed by atoms with Gasteiger partial charge < -0.3 is 10.4 Å². The number of aliphatic carboxylic acids is 1. The molecule has 0 aliphatic carbocycles. The second-order valence-corrected chi connectivity index (χ2v) is 6.31. The maximum atomic E-state index is 10.2. The van der Waals surface area contributed by atoms with E-state index in [-0.39, 0.29) is 0 Å². The second kappa shape index (κ2) is 13.0. The topological polar surface area (TPSA) is 49.3 Å². The molecule has 1 aliphatic rings. The Kier molecular flexibility index (Phi) is 11.0. The van der Waals surface area contributed by atoms with Gasteiger partial charge in [0, 0.05) is 18.7 Å². The first-order chi connectivity index (χ1) is 11.2. The molecule has 1 aromatic carbocycles. The quantitative estimate of drug-likeness (QED) is 0.548. The molecule has 0 fully saturated rings. The van der Waals surface area contributed by atoms with Crippen molar-refractivity contribution in [2.75, 3.05) is 11.9 Å². The van der Waals surface area contributed by atoms with Crippen LogP contribution < -0.4 is 5.32 Å². The molecule has 0 unspecified atom stereocenters. The molecule has 3 heteroatoms. The van der Waals surface area contributed by atoms with Crippen molar-refractivity contribution in [2.45, 2.75) is 77.6 Å². The van der Waals surface area contributed by atoms with Gasteiger partial charge in [-0.2, -0.15) is 0 Å². The molecule has 23 heavy (non-hydrogen) atoms. The highest BCUT2D eigenvalue weighted by molar-refractivity contribution is 5.66. The normalized spacial score (nSPS) is 12.0. The van der Waals surface area contributed by atoms with Gasteiger partial charge in [-0.15, -0.1) is 0 Å². The van der Waals surface area contributed by atoms with Crippen molar-refractivity contribution in [3.63, 3.8) is 0 Å². The van der Waals surface area contributed by atoms with E-state index in [1.807, 2.05) is 0 Å². The fourth-order valence-electron chi connectivity index (χ4n) is 2.83. The van der Waals surface area contributed by atoms with E-state index in [0.717, 1.165) is 19.4 Å². The number of unbranched alkanes of at least 4 members (excludes halogenated alkanes) is 8. The summed E-state index contributed by atoms with van der Waals surface area (Å²) in [7, 11) is 0. The number of hydrogen-bond acceptors (Lipinski definition) is 2. The predicted octanol–water partition coefficient (Wildman–Crippen LogP) is 5.65. The summed E-state index contributed by atoms with van der Waals surface area (Å²) < 4.78 is 0. The van der Waals surface area contributed by atoms with E-state index in [9.17, 15) is 4.79 Å². The van der Waals surface area contributed by atoms with Crippen LogP contribution in [-0.2, 0) is 11.2 Å². The van der Waals surface area contributed by atoms with Crippen LogP contribution in [0.15, 0.2) is 24.3 Å². The lowest BCUT2D eigenvalue weighted by atomic mass is 10.1. The van der Waals surface area contributed by atoms with Crippen molar-refractivity contribution in [3.8, 4) is 0 Å². The van der Waals surface area contributed by atoms with Gasteiger partial charge in [-0.1, -0.05) is 76.5 Å². The number of carbonyl (C=O) groups is 1. The number of anilines is 1. The van der Waals surface area contributed by atoms with Crippen molar-refractivity contribution in [1.82, 2.24) is 0 Å². The zero-order valence-electron chi connectivity index (χ0n) is 14.7. The number of carboxylic acid groups (broad SMARTS) is 1. The number of nitrogens with one attached hydrogen (secondary N) is 1. The summed E-state index contributed by atoms with van der Waals surface area (Å²) in [6.45, 7) is 3.34. The molecule has 0 amide bonds. The molecular formula is C20H33NO2. The Morgan fingerprint density at radius 1 is 1.00 bits per heavy atom. The Morgan fingerprint density at radius 2 is 1.61 bits per heavy atom. The average Bonchev–Trinajstić information content (AvgIpc) is 3.02. The lowest BCUT2D eigenvalue weighted by Gasteiger charge is -2.00. The smallest absolute Gasteiger partial charge is 0.303 e. The van der Waals surface area contributed by atoms with E-state index < -0.39 is 5.97 Å². The van der Waals surface area contributed by atoms with E-state index in [0.29, 0.717) is 6.42 Å². The number of para-hydroxylation sites is 1. The number of carboxylic acids is 1. The van der Waals surface area contributed by atoms with Gasteiger partial charge in [0.1, 0.15) is 0 Å². The van der Waals surface area contributed by atoms with Crippen molar-refractivity contribution in [1.29, 1.82) is 0 Å². The Morgan fingerprint density at radius 3 is 2.22 bits per heavy atom. The summed E-state index contributed by atoms with van der Waals surface area (Å²) in [5.74, 6) is -0.659. The first-order valence-corrected chi connectivity index (χ1v) is 9.27. The molecule has 2 N–H and O–H groups in total. The fourth-order valence-corrected chi connectivity index (χ4v) is 2.83. The standard InChI is InChI=1S/C12H24O2.C8H9N/c1-2-3-4-5-6-7-8-9-10-11-12(13)14;1-2-4-8-7(3-1)5-6-9-8/h2-11H2,1H3,(H,13,14);1-4,9H,5-6H2. The van der Waals surface area contributed by atoms with E-state index in [1.165, 1.54) is 62.6 Å². The highest BCUT2D eigenvalue weighted by atomic mass is 16.4. The SMILES string of the molecule is CCCCCCCCCCCC(=O)O.c1ccc2c(c1)CCN2. The van der Waals surface area contributed by atoms with Gasteiger partial charge in [0.2, 0.25) is 0 Å². The predicted molar refractivity (Wildman–Crippen MR) is 98.1 cm³/mol. The zero-order valence-corrected chi connectivity index (χ0v) is 14.7. The van der Waals surface area contributed by atoms with Crippen molar-refractivity contribution >= 4 is 11.7 Å². The molecule has 0 aromatic heterocycles. The minimum atomic E-state index is -0.659. The van der Waals surface area contributed by atoms with Crippen LogP contribution >= 0.6 is 0 Å². The molecule has 0 radical (unpaired) electrons. The fraction of sp³-hybridized carbons (Fsp3) is 0.650. The summed E-state index contributed by atoms with van der Waals surface area (Å²) in [5.41, 5.74) is 2.77. The third-order valence-corrected chi connectivity index (χ3v) is 4.22. The minimum absolute atomic E-state index is 0.343. The molecule has 3 nitrogen and oxygen atoms in total. The van der Waals surface area contributed by atoms with Crippen LogP contribution in [0.5, 0.6) is 0 Å². The second-order valence-electron chi connectivity index (χ2n) is 6.31. The largest absolute Gasteiger partial charge is 0.481 e. The maximum Gasteiger partial charge on any atom is 0.303 e. The molecule has 1 heterocycles. The van der Waals surface area contributed by atoms with E-state index in [1.54, 1.807) is 0 Å². The highest BCUT2D eigenvalue weighted by Gasteiger charge is 2.05. The molecule has 0 atom stereocenters. The summed E-state index contributed by atoms with van der Waals surface area (Å²) in [6, 6.07) is 8.46. The van der Waals surface area contributed by atoms with Gasteiger partial charge in [0.25, 0.3) is 0 Å². The van der Waals surface area contributed by atoms with Gasteiger partial charge in [-0.25, -0.2) is 0 Å². The number of rotatable bonds is 10. The average molecular weight is 319 g/mol. The molecule has 0 bridgehead atoms.